The van der Waals surface area contributed by atoms with E-state index in [-0.39, 0.29) is 0 Å². The average Bonchev–Trinajstić information content (AvgIpc) is 2.41. The molecule has 2 N–H and O–H groups in total. The molecule has 0 bridgehead atoms. The van der Waals surface area contributed by atoms with Gasteiger partial charge in [0.25, 0.3) is 0 Å². The second-order valence-corrected chi connectivity index (χ2v) is 5.89. The highest BCUT2D eigenvalue weighted by Crippen LogP contribution is 2.33. The van der Waals surface area contributed by atoms with E-state index in [9.17, 15) is 0 Å². The molecule has 0 atom stereocenters. The van der Waals surface area contributed by atoms with Gasteiger partial charge in [0.05, 0.1) is 0 Å². The molecule has 0 fully saturated rings. The molecular formula is C10H13BrClNS. The Bertz CT molecular complexity index is 324. The largest absolute Gasteiger partial charge is 0.327 e. The topological polar surface area (TPSA) is 26.0 Å². The molecule has 0 aliphatic rings. The highest BCUT2D eigenvalue weighted by Gasteiger charge is 2.05. The predicted octanol–water partition coefficient (Wildman–Crippen LogP) is 4.16. The van der Waals surface area contributed by atoms with Gasteiger partial charge in [0.2, 0.25) is 0 Å². The van der Waals surface area contributed by atoms with Crippen LogP contribution in [0.1, 0.15) is 18.7 Å². The molecule has 0 aliphatic carbocycles. The van der Waals surface area contributed by atoms with Crippen LogP contribution in [0.5, 0.6) is 0 Å². The monoisotopic (exact) mass is 293 g/mol. The maximum atomic E-state index is 5.95. The van der Waals surface area contributed by atoms with Gasteiger partial charge < -0.3 is 5.73 Å². The third-order valence-corrected chi connectivity index (χ3v) is 4.39. The number of halogens is 2. The molecule has 0 saturated heterocycles. The van der Waals surface area contributed by atoms with Crippen LogP contribution in [0.25, 0.3) is 6.08 Å². The molecule has 14 heavy (non-hydrogen) atoms. The summed E-state index contributed by atoms with van der Waals surface area (Å²) in [4.78, 5) is 1.15. The van der Waals surface area contributed by atoms with Crippen molar-refractivity contribution in [2.45, 2.75) is 13.8 Å². The molecule has 1 rings (SSSR count). The summed E-state index contributed by atoms with van der Waals surface area (Å²) in [5, 5.41) is 0. The summed E-state index contributed by atoms with van der Waals surface area (Å²) in [5.74, 6) is 0.486. The molecule has 1 nitrogen and oxygen atoms in total. The van der Waals surface area contributed by atoms with E-state index in [2.05, 4.69) is 35.9 Å². The minimum absolute atomic E-state index is 0.486. The van der Waals surface area contributed by atoms with Crippen LogP contribution >= 0.6 is 38.9 Å². The first-order valence-electron chi connectivity index (χ1n) is 4.40. The molecule has 0 saturated carbocycles. The van der Waals surface area contributed by atoms with E-state index < -0.39 is 0 Å². The summed E-state index contributed by atoms with van der Waals surface area (Å²) in [6, 6.07) is 2.02. The Morgan fingerprint density at radius 3 is 2.71 bits per heavy atom. The van der Waals surface area contributed by atoms with Crippen molar-refractivity contribution >= 4 is 44.9 Å². The number of thiophene rings is 1. The van der Waals surface area contributed by atoms with E-state index in [1.165, 1.54) is 5.57 Å². The van der Waals surface area contributed by atoms with Crippen LogP contribution in [0.2, 0.25) is 4.34 Å². The fourth-order valence-corrected chi connectivity index (χ4v) is 2.79. The van der Waals surface area contributed by atoms with E-state index in [0.717, 1.165) is 13.7 Å². The zero-order chi connectivity index (χ0) is 10.7. The Morgan fingerprint density at radius 2 is 2.36 bits per heavy atom. The van der Waals surface area contributed by atoms with E-state index in [1.807, 2.05) is 6.07 Å². The molecule has 4 heteroatoms. The molecule has 1 aromatic rings. The number of hydrogen-bond donors (Lipinski definition) is 1. The molecule has 0 amide bonds. The Hall–Kier alpha value is 0.170. The SMILES string of the molecule is CC(C)/C(=C\c1cc(Br)c(Cl)s1)CN. The standard InChI is InChI=1S/C10H13BrClNS/c1-6(2)7(5-13)3-8-4-9(11)10(12)14-8/h3-4,6H,5,13H2,1-2H3/b7-3-. The molecule has 78 valence electrons. The summed E-state index contributed by atoms with van der Waals surface area (Å²) < 4.78 is 1.74. The minimum Gasteiger partial charge on any atom is -0.327 e. The highest BCUT2D eigenvalue weighted by molar-refractivity contribution is 9.10. The molecule has 1 heterocycles. The van der Waals surface area contributed by atoms with Gasteiger partial charge in [-0.15, -0.1) is 11.3 Å². The number of hydrogen-bond acceptors (Lipinski definition) is 2. The van der Waals surface area contributed by atoms with Gasteiger partial charge in [-0.1, -0.05) is 31.0 Å². The van der Waals surface area contributed by atoms with Gasteiger partial charge in [-0.2, -0.15) is 0 Å². The van der Waals surface area contributed by atoms with Crippen molar-refractivity contribution in [1.29, 1.82) is 0 Å². The Labute approximate surface area is 102 Å². The molecular weight excluding hydrogens is 282 g/mol. The average molecular weight is 295 g/mol. The summed E-state index contributed by atoms with van der Waals surface area (Å²) in [6.45, 7) is 4.89. The van der Waals surface area contributed by atoms with Crippen LogP contribution in [0.3, 0.4) is 0 Å². The first-order chi connectivity index (χ1) is 6.54. The van der Waals surface area contributed by atoms with Gasteiger partial charge in [0, 0.05) is 15.9 Å². The fourth-order valence-electron chi connectivity index (χ4n) is 1.08. The molecule has 0 spiro atoms. The Kier molecular flexibility index (Phi) is 4.64. The first-order valence-corrected chi connectivity index (χ1v) is 6.38. The van der Waals surface area contributed by atoms with Gasteiger partial charge in [0.1, 0.15) is 4.34 Å². The van der Waals surface area contributed by atoms with Crippen LogP contribution in [0.4, 0.5) is 0 Å². The first kappa shape index (κ1) is 12.2. The lowest BCUT2D eigenvalue weighted by Gasteiger charge is -2.07. The zero-order valence-corrected chi connectivity index (χ0v) is 11.3. The van der Waals surface area contributed by atoms with Gasteiger partial charge in [-0.05, 0) is 34.0 Å². The van der Waals surface area contributed by atoms with Crippen molar-refractivity contribution in [1.82, 2.24) is 0 Å². The molecule has 1 aromatic heterocycles. The normalized spacial score (nSPS) is 12.6. The Balaban J connectivity index is 2.94. The van der Waals surface area contributed by atoms with E-state index in [1.54, 1.807) is 11.3 Å². The summed E-state index contributed by atoms with van der Waals surface area (Å²) in [7, 11) is 0. The highest BCUT2D eigenvalue weighted by atomic mass is 79.9. The smallest absolute Gasteiger partial charge is 0.108 e. The fraction of sp³-hybridized carbons (Fsp3) is 0.400. The second kappa shape index (κ2) is 5.31. The van der Waals surface area contributed by atoms with Crippen molar-refractivity contribution < 1.29 is 0 Å². The third-order valence-electron chi connectivity index (χ3n) is 1.97. The number of rotatable bonds is 3. The van der Waals surface area contributed by atoms with E-state index in [0.29, 0.717) is 12.5 Å². The van der Waals surface area contributed by atoms with Gasteiger partial charge in [-0.25, -0.2) is 0 Å². The maximum Gasteiger partial charge on any atom is 0.108 e. The van der Waals surface area contributed by atoms with Crippen LogP contribution in [0, 0.1) is 5.92 Å². The molecule has 0 aliphatic heterocycles. The lowest BCUT2D eigenvalue weighted by molar-refractivity contribution is 0.753. The third kappa shape index (κ3) is 3.09. The van der Waals surface area contributed by atoms with E-state index in [4.69, 9.17) is 17.3 Å². The van der Waals surface area contributed by atoms with Gasteiger partial charge in [0.15, 0.2) is 0 Å². The van der Waals surface area contributed by atoms with Crippen molar-refractivity contribution in [2.24, 2.45) is 11.7 Å². The van der Waals surface area contributed by atoms with Crippen molar-refractivity contribution in [3.8, 4) is 0 Å². The summed E-state index contributed by atoms with van der Waals surface area (Å²) >= 11 is 10.9. The van der Waals surface area contributed by atoms with Crippen LogP contribution in [0.15, 0.2) is 16.1 Å². The molecule has 0 radical (unpaired) electrons. The van der Waals surface area contributed by atoms with Crippen LogP contribution in [-0.2, 0) is 0 Å². The van der Waals surface area contributed by atoms with Crippen molar-refractivity contribution in [3.05, 3.63) is 25.3 Å². The second-order valence-electron chi connectivity index (χ2n) is 3.35. The number of nitrogens with two attached hydrogens (primary N) is 1. The van der Waals surface area contributed by atoms with Gasteiger partial charge in [-0.3, -0.25) is 0 Å². The van der Waals surface area contributed by atoms with Crippen LogP contribution in [-0.4, -0.2) is 6.54 Å². The summed E-state index contributed by atoms with van der Waals surface area (Å²) in [5.41, 5.74) is 6.90. The quantitative estimate of drug-likeness (QED) is 0.890. The van der Waals surface area contributed by atoms with E-state index >= 15 is 0 Å². The lowest BCUT2D eigenvalue weighted by Crippen LogP contribution is -2.07. The lowest BCUT2D eigenvalue weighted by atomic mass is 10.0. The van der Waals surface area contributed by atoms with Crippen LogP contribution < -0.4 is 5.73 Å². The van der Waals surface area contributed by atoms with Crippen molar-refractivity contribution in [2.75, 3.05) is 6.54 Å². The summed E-state index contributed by atoms with van der Waals surface area (Å²) in [6.07, 6.45) is 2.12. The predicted molar refractivity (Wildman–Crippen MR) is 68.9 cm³/mol. The molecule has 0 aromatic carbocycles. The Morgan fingerprint density at radius 1 is 1.71 bits per heavy atom. The van der Waals surface area contributed by atoms with Gasteiger partial charge >= 0.3 is 0 Å². The maximum absolute atomic E-state index is 5.95. The minimum atomic E-state index is 0.486. The molecule has 0 unspecified atom stereocenters. The van der Waals surface area contributed by atoms with Crippen molar-refractivity contribution in [3.63, 3.8) is 0 Å². The zero-order valence-electron chi connectivity index (χ0n) is 8.18.